The molecule has 1 heterocycles. The first kappa shape index (κ1) is 24.7. The second kappa shape index (κ2) is 9.69. The predicted molar refractivity (Wildman–Crippen MR) is 140 cm³/mol. The number of carbonyl (C=O) groups excluding carboxylic acids is 2. The van der Waals surface area contributed by atoms with E-state index in [1.54, 1.807) is 30.3 Å². The van der Waals surface area contributed by atoms with Crippen molar-refractivity contribution < 1.29 is 29.6 Å². The molecule has 6 nitrogen and oxygen atoms in total. The maximum atomic E-state index is 13.5. The minimum Gasteiger partial charge on any atom is -0.507 e. The third-order valence-corrected chi connectivity index (χ3v) is 7.39. The topological polar surface area (TPSA) is 104 Å². The average Bonchev–Trinajstić information content (AvgIpc) is 3.11. The Hall–Kier alpha value is -2.40. The van der Waals surface area contributed by atoms with Gasteiger partial charge < -0.3 is 20.1 Å². The molecule has 0 aromatic heterocycles. The van der Waals surface area contributed by atoms with Crippen LogP contribution in [0.2, 0.25) is 0 Å². The zero-order valence-corrected chi connectivity index (χ0v) is 23.1. The number of hydrogen-bond donors (Lipinski definition) is 3. The van der Waals surface area contributed by atoms with Gasteiger partial charge in [0, 0.05) is 11.1 Å². The molecule has 34 heavy (non-hydrogen) atoms. The molecule has 1 aliphatic rings. The molecule has 4 rings (SSSR count). The Kier molecular flexibility index (Phi) is 7.04. The van der Waals surface area contributed by atoms with Crippen LogP contribution in [0.15, 0.2) is 77.8 Å². The third-order valence-electron chi connectivity index (χ3n) is 4.92. The van der Waals surface area contributed by atoms with Gasteiger partial charge >= 0.3 is 5.97 Å². The Morgan fingerprint density at radius 1 is 0.794 bits per heavy atom. The Morgan fingerprint density at radius 3 is 1.97 bits per heavy atom. The number of carbonyl (C=O) groups is 2. The molecule has 10 heteroatoms. The zero-order chi connectivity index (χ0) is 24.7. The van der Waals surface area contributed by atoms with Crippen molar-refractivity contribution >= 4 is 87.1 Å². The third kappa shape index (κ3) is 4.72. The van der Waals surface area contributed by atoms with Crippen LogP contribution in [0, 0.1) is 0 Å². The summed E-state index contributed by atoms with van der Waals surface area (Å²) < 4.78 is 6.87. The number of allylic oxidation sites excluding steroid dienone is 1. The summed E-state index contributed by atoms with van der Waals surface area (Å²) in [6.45, 7) is 0. The fourth-order valence-corrected chi connectivity index (χ4v) is 5.25. The van der Waals surface area contributed by atoms with Gasteiger partial charge in [-0.2, -0.15) is 0 Å². The van der Waals surface area contributed by atoms with Crippen molar-refractivity contribution in [2.45, 2.75) is 0 Å². The first-order chi connectivity index (χ1) is 16.1. The van der Waals surface area contributed by atoms with Crippen molar-refractivity contribution in [3.05, 3.63) is 94.4 Å². The summed E-state index contributed by atoms with van der Waals surface area (Å²) in [6, 6.07) is 12.1. The second-order valence-electron chi connectivity index (χ2n) is 7.14. The van der Waals surface area contributed by atoms with E-state index in [0.717, 1.165) is 0 Å². The highest BCUT2D eigenvalue weighted by molar-refractivity contribution is 9.11. The van der Waals surface area contributed by atoms with Gasteiger partial charge in [-0.25, -0.2) is 4.79 Å². The molecular formula is C24H12Br4O6. The highest BCUT2D eigenvalue weighted by Crippen LogP contribution is 2.41. The standard InChI is InChI=1S/C24H12Br4O6/c25-13-5-10(1-3-17(13)29)6-19-20(11-2-4-18(30)14(26)7-11)21(24(33)34-19)22(31)12-8-15(27)23(32)16(28)9-12/h1-9,29-30,32H/b19-6-. The molecule has 0 bridgehead atoms. The van der Waals surface area contributed by atoms with E-state index in [9.17, 15) is 24.9 Å². The summed E-state index contributed by atoms with van der Waals surface area (Å²) in [7, 11) is 0. The molecule has 0 saturated carbocycles. The number of aromatic hydroxyl groups is 3. The van der Waals surface area contributed by atoms with Crippen LogP contribution in [-0.2, 0) is 9.53 Å². The smallest absolute Gasteiger partial charge is 0.348 e. The van der Waals surface area contributed by atoms with Gasteiger partial charge in [-0.15, -0.1) is 0 Å². The Balaban J connectivity index is 1.95. The molecular weight excluding hydrogens is 704 g/mol. The van der Waals surface area contributed by atoms with Crippen molar-refractivity contribution in [3.8, 4) is 17.2 Å². The van der Waals surface area contributed by atoms with E-state index >= 15 is 0 Å². The van der Waals surface area contributed by atoms with Gasteiger partial charge in [-0.05, 0) is 117 Å². The summed E-state index contributed by atoms with van der Waals surface area (Å²) in [5.41, 5.74) is 1.24. The van der Waals surface area contributed by atoms with Crippen LogP contribution >= 0.6 is 63.7 Å². The van der Waals surface area contributed by atoms with Gasteiger partial charge in [0.1, 0.15) is 28.6 Å². The maximum Gasteiger partial charge on any atom is 0.348 e. The van der Waals surface area contributed by atoms with Crippen LogP contribution in [0.1, 0.15) is 21.5 Å². The number of rotatable bonds is 4. The number of ketones is 1. The van der Waals surface area contributed by atoms with Crippen LogP contribution in [0.25, 0.3) is 11.6 Å². The summed E-state index contributed by atoms with van der Waals surface area (Å²) >= 11 is 12.9. The number of hydrogen-bond acceptors (Lipinski definition) is 6. The molecule has 3 N–H and O–H groups in total. The molecule has 1 aliphatic heterocycles. The Morgan fingerprint density at radius 2 is 1.38 bits per heavy atom. The number of halogens is 4. The molecule has 3 aromatic carbocycles. The van der Waals surface area contributed by atoms with Crippen molar-refractivity contribution in [2.75, 3.05) is 0 Å². The minimum absolute atomic E-state index is 0.0122. The number of esters is 1. The van der Waals surface area contributed by atoms with Crippen LogP contribution < -0.4 is 0 Å². The number of cyclic esters (lactones) is 1. The lowest BCUT2D eigenvalue weighted by molar-refractivity contribution is -0.132. The van der Waals surface area contributed by atoms with Gasteiger partial charge in [-0.1, -0.05) is 12.1 Å². The van der Waals surface area contributed by atoms with Crippen molar-refractivity contribution in [3.63, 3.8) is 0 Å². The van der Waals surface area contributed by atoms with Crippen LogP contribution in [0.5, 0.6) is 17.2 Å². The molecule has 0 fully saturated rings. The van der Waals surface area contributed by atoms with E-state index in [1.165, 1.54) is 24.3 Å². The lowest BCUT2D eigenvalue weighted by Crippen LogP contribution is -2.11. The first-order valence-corrected chi connectivity index (χ1v) is 12.6. The van der Waals surface area contributed by atoms with Gasteiger partial charge in [0.15, 0.2) is 0 Å². The first-order valence-electron chi connectivity index (χ1n) is 9.45. The molecule has 0 radical (unpaired) electrons. The van der Waals surface area contributed by atoms with E-state index in [-0.39, 0.29) is 48.7 Å². The number of phenolic OH excluding ortho intramolecular Hbond substituents is 3. The van der Waals surface area contributed by atoms with Gasteiger partial charge in [-0.3, -0.25) is 4.79 Å². The van der Waals surface area contributed by atoms with Crippen LogP contribution in [0.4, 0.5) is 0 Å². The Labute approximate surface area is 227 Å². The molecule has 0 saturated heterocycles. The van der Waals surface area contributed by atoms with E-state index in [1.807, 2.05) is 0 Å². The fourth-order valence-electron chi connectivity index (χ4n) is 3.29. The van der Waals surface area contributed by atoms with Crippen LogP contribution in [-0.4, -0.2) is 27.1 Å². The maximum absolute atomic E-state index is 13.5. The summed E-state index contributed by atoms with van der Waals surface area (Å²) in [6.07, 6.45) is 1.57. The van der Waals surface area contributed by atoms with Crippen molar-refractivity contribution in [1.29, 1.82) is 0 Å². The highest BCUT2D eigenvalue weighted by atomic mass is 79.9. The lowest BCUT2D eigenvalue weighted by atomic mass is 9.93. The molecule has 0 unspecified atom stereocenters. The summed E-state index contributed by atoms with van der Waals surface area (Å²) in [5, 5.41) is 29.7. The SMILES string of the molecule is O=C1O/C(=C\c2ccc(O)c(Br)c2)C(c2ccc(O)c(Br)c2)=C1C(=O)c1cc(Br)c(O)c(Br)c1. The number of Topliss-reactive ketones (excluding diaryl/α,β-unsaturated/α-hetero) is 1. The predicted octanol–water partition coefficient (Wildman–Crippen LogP) is 7.09. The van der Waals surface area contributed by atoms with E-state index < -0.39 is 11.8 Å². The molecule has 0 aliphatic carbocycles. The summed E-state index contributed by atoms with van der Waals surface area (Å²) in [4.78, 5) is 26.5. The number of phenols is 3. The van der Waals surface area contributed by atoms with Crippen LogP contribution in [0.3, 0.4) is 0 Å². The number of benzene rings is 3. The normalized spacial score (nSPS) is 14.6. The largest absolute Gasteiger partial charge is 0.507 e. The van der Waals surface area contributed by atoms with Crippen molar-refractivity contribution in [1.82, 2.24) is 0 Å². The molecule has 0 amide bonds. The van der Waals surface area contributed by atoms with Crippen molar-refractivity contribution in [2.24, 2.45) is 0 Å². The minimum atomic E-state index is -0.839. The fraction of sp³-hybridized carbons (Fsp3) is 0. The lowest BCUT2D eigenvalue weighted by Gasteiger charge is -2.09. The van der Waals surface area contributed by atoms with E-state index in [0.29, 0.717) is 20.1 Å². The molecule has 172 valence electrons. The van der Waals surface area contributed by atoms with E-state index in [4.69, 9.17) is 4.74 Å². The van der Waals surface area contributed by atoms with Gasteiger partial charge in [0.25, 0.3) is 0 Å². The molecule has 0 spiro atoms. The number of ether oxygens (including phenoxy) is 1. The molecule has 3 aromatic rings. The highest BCUT2D eigenvalue weighted by Gasteiger charge is 2.36. The second-order valence-corrected chi connectivity index (χ2v) is 10.6. The quantitative estimate of drug-likeness (QED) is 0.152. The van der Waals surface area contributed by atoms with Gasteiger partial charge in [0.2, 0.25) is 5.78 Å². The summed E-state index contributed by atoms with van der Waals surface area (Å²) in [5.74, 6) is -1.37. The average molecular weight is 716 g/mol. The van der Waals surface area contributed by atoms with E-state index in [2.05, 4.69) is 63.7 Å². The Bertz CT molecular complexity index is 1420. The molecule has 0 atom stereocenters. The zero-order valence-electron chi connectivity index (χ0n) is 16.8. The van der Waals surface area contributed by atoms with Gasteiger partial charge in [0.05, 0.1) is 17.9 Å². The monoisotopic (exact) mass is 712 g/mol.